The predicted octanol–water partition coefficient (Wildman–Crippen LogP) is 3.35. The summed E-state index contributed by atoms with van der Waals surface area (Å²) in [7, 11) is 0.845. The molecule has 0 fully saturated rings. The smallest absolute Gasteiger partial charge is 0.152 e. The molecule has 2 rings (SSSR count). The maximum Gasteiger partial charge on any atom is 0.152 e. The normalized spacial score (nSPS) is 12.2. The molecule has 0 unspecified atom stereocenters. The second kappa shape index (κ2) is 5.76. The van der Waals surface area contributed by atoms with E-state index in [0.29, 0.717) is 17.8 Å². The standard InChI is InChI=1S/C17H26N2OSi/c1-9(2)12-7-18-17-15(14(12)10(3)4)13(8-20)16(11(5)6)19(17)21/h7-11H,1-6,21H3. The minimum atomic E-state index is 0.333. The Morgan fingerprint density at radius 2 is 1.71 bits per heavy atom. The monoisotopic (exact) mass is 302 g/mol. The molecule has 2 aromatic heterocycles. The number of fused-ring (bicyclic) bond motifs is 1. The largest absolute Gasteiger partial charge is 0.365 e. The van der Waals surface area contributed by atoms with Crippen LogP contribution in [0.5, 0.6) is 0 Å². The maximum atomic E-state index is 11.8. The summed E-state index contributed by atoms with van der Waals surface area (Å²) in [5.41, 5.74) is 5.55. The molecule has 0 aliphatic rings. The highest BCUT2D eigenvalue weighted by Crippen LogP contribution is 2.37. The van der Waals surface area contributed by atoms with Crippen LogP contribution in [0.3, 0.4) is 0 Å². The van der Waals surface area contributed by atoms with Gasteiger partial charge in [0, 0.05) is 22.8 Å². The Kier molecular flexibility index (Phi) is 4.37. The van der Waals surface area contributed by atoms with Gasteiger partial charge in [0.2, 0.25) is 0 Å². The van der Waals surface area contributed by atoms with Crippen LogP contribution in [0.2, 0.25) is 0 Å². The number of hydrogen-bond donors (Lipinski definition) is 0. The minimum Gasteiger partial charge on any atom is -0.365 e. The highest BCUT2D eigenvalue weighted by Gasteiger charge is 2.24. The summed E-state index contributed by atoms with van der Waals surface area (Å²) in [6.07, 6.45) is 3.04. The van der Waals surface area contributed by atoms with Gasteiger partial charge in [0.25, 0.3) is 0 Å². The van der Waals surface area contributed by atoms with Gasteiger partial charge in [-0.15, -0.1) is 0 Å². The Morgan fingerprint density at radius 3 is 2.14 bits per heavy atom. The van der Waals surface area contributed by atoms with Crippen LogP contribution in [0.25, 0.3) is 11.0 Å². The van der Waals surface area contributed by atoms with Crippen LogP contribution in [0, 0.1) is 0 Å². The second-order valence-corrected chi connectivity index (χ2v) is 7.66. The van der Waals surface area contributed by atoms with Crippen molar-refractivity contribution in [1.29, 1.82) is 0 Å². The highest BCUT2D eigenvalue weighted by atomic mass is 28.2. The summed E-state index contributed by atoms with van der Waals surface area (Å²) in [6, 6.07) is 0. The number of pyridine rings is 1. The van der Waals surface area contributed by atoms with Crippen molar-refractivity contribution in [3.05, 3.63) is 28.6 Å². The number of carbonyl (C=O) groups is 1. The molecule has 114 valence electrons. The summed E-state index contributed by atoms with van der Waals surface area (Å²) in [5, 5.41) is 1.09. The lowest BCUT2D eigenvalue weighted by molar-refractivity contribution is 0.112. The Bertz CT molecular complexity index is 684. The van der Waals surface area contributed by atoms with E-state index in [-0.39, 0.29) is 0 Å². The summed E-state index contributed by atoms with van der Waals surface area (Å²) in [4.78, 5) is 16.5. The SMILES string of the molecule is CC(C)c1cnc2c(c(C=O)c(C(C)C)n2[SiH3])c1C(C)C. The quantitative estimate of drug-likeness (QED) is 0.641. The number of aromatic nitrogens is 2. The third kappa shape index (κ3) is 2.46. The number of carbonyl (C=O) groups excluding carboxylic acids is 1. The number of hydrogen-bond acceptors (Lipinski definition) is 2. The van der Waals surface area contributed by atoms with E-state index in [1.54, 1.807) is 0 Å². The average Bonchev–Trinajstić information content (AvgIpc) is 2.70. The molecule has 0 aliphatic heterocycles. The van der Waals surface area contributed by atoms with E-state index in [1.165, 1.54) is 11.1 Å². The molecule has 0 aromatic carbocycles. The molecule has 0 amide bonds. The topological polar surface area (TPSA) is 34.9 Å². The second-order valence-electron chi connectivity index (χ2n) is 6.77. The molecular formula is C17H26N2OSi. The van der Waals surface area contributed by atoms with E-state index in [1.807, 2.05) is 6.20 Å². The first-order valence-corrected chi connectivity index (χ1v) is 8.66. The first-order valence-electron chi connectivity index (χ1n) is 7.77. The molecule has 0 radical (unpaired) electrons. The van der Waals surface area contributed by atoms with Gasteiger partial charge >= 0.3 is 0 Å². The third-order valence-electron chi connectivity index (χ3n) is 4.22. The zero-order valence-electron chi connectivity index (χ0n) is 14.2. The molecule has 3 nitrogen and oxygen atoms in total. The van der Waals surface area contributed by atoms with Crippen LogP contribution >= 0.6 is 0 Å². The minimum absolute atomic E-state index is 0.333. The van der Waals surface area contributed by atoms with Crippen molar-refractivity contribution >= 4 is 27.7 Å². The molecule has 0 spiro atoms. The van der Waals surface area contributed by atoms with Gasteiger partial charge in [-0.05, 0) is 28.9 Å². The van der Waals surface area contributed by atoms with Gasteiger partial charge in [-0.25, -0.2) is 4.98 Å². The Morgan fingerprint density at radius 1 is 1.10 bits per heavy atom. The van der Waals surface area contributed by atoms with Crippen LogP contribution < -0.4 is 0 Å². The molecule has 0 saturated heterocycles. The lowest BCUT2D eigenvalue weighted by Crippen LogP contribution is -2.04. The third-order valence-corrected chi connectivity index (χ3v) is 5.12. The summed E-state index contributed by atoms with van der Waals surface area (Å²) < 4.78 is 2.22. The van der Waals surface area contributed by atoms with Crippen molar-refractivity contribution in [2.45, 2.75) is 59.3 Å². The van der Waals surface area contributed by atoms with Crippen molar-refractivity contribution in [1.82, 2.24) is 9.22 Å². The fourth-order valence-electron chi connectivity index (χ4n) is 3.37. The number of rotatable bonds is 4. The van der Waals surface area contributed by atoms with Gasteiger partial charge in [-0.1, -0.05) is 41.5 Å². The Labute approximate surface area is 130 Å². The van der Waals surface area contributed by atoms with Gasteiger partial charge in [0.15, 0.2) is 6.29 Å². The van der Waals surface area contributed by atoms with Crippen LogP contribution in [-0.2, 0) is 0 Å². The van der Waals surface area contributed by atoms with Gasteiger partial charge in [0.1, 0.15) is 16.1 Å². The van der Waals surface area contributed by atoms with Crippen LogP contribution in [-0.4, -0.2) is 25.9 Å². The van der Waals surface area contributed by atoms with Crippen molar-refractivity contribution < 1.29 is 4.79 Å². The molecule has 2 heterocycles. The van der Waals surface area contributed by atoms with E-state index in [9.17, 15) is 4.79 Å². The van der Waals surface area contributed by atoms with E-state index in [2.05, 4.69) is 45.8 Å². The zero-order chi connectivity index (χ0) is 15.9. The molecule has 0 saturated carbocycles. The van der Waals surface area contributed by atoms with Gasteiger partial charge in [-0.3, -0.25) is 4.79 Å². The van der Waals surface area contributed by atoms with E-state index in [4.69, 9.17) is 4.98 Å². The fourth-order valence-corrected chi connectivity index (χ4v) is 4.47. The zero-order valence-corrected chi connectivity index (χ0v) is 16.2. The van der Waals surface area contributed by atoms with Gasteiger partial charge in [0.05, 0.1) is 0 Å². The van der Waals surface area contributed by atoms with Gasteiger partial charge < -0.3 is 4.23 Å². The first-order chi connectivity index (χ1) is 9.81. The van der Waals surface area contributed by atoms with E-state index >= 15 is 0 Å². The molecule has 21 heavy (non-hydrogen) atoms. The Hall–Kier alpha value is -1.42. The molecular weight excluding hydrogens is 276 g/mol. The van der Waals surface area contributed by atoms with Crippen LogP contribution in [0.15, 0.2) is 6.20 Å². The lowest BCUT2D eigenvalue weighted by Gasteiger charge is -2.17. The summed E-state index contributed by atoms with van der Waals surface area (Å²) >= 11 is 0. The van der Waals surface area contributed by atoms with Gasteiger partial charge in [-0.2, -0.15) is 0 Å². The first kappa shape index (κ1) is 16.0. The predicted molar refractivity (Wildman–Crippen MR) is 92.7 cm³/mol. The lowest BCUT2D eigenvalue weighted by atomic mass is 9.88. The van der Waals surface area contributed by atoms with E-state index in [0.717, 1.165) is 39.0 Å². The van der Waals surface area contributed by atoms with Crippen LogP contribution in [0.4, 0.5) is 0 Å². The van der Waals surface area contributed by atoms with E-state index < -0.39 is 0 Å². The molecule has 0 atom stereocenters. The molecule has 4 heteroatoms. The number of nitrogens with zero attached hydrogens (tertiary/aromatic N) is 2. The summed E-state index contributed by atoms with van der Waals surface area (Å²) in [6.45, 7) is 13.1. The van der Waals surface area contributed by atoms with Crippen molar-refractivity contribution in [3.8, 4) is 0 Å². The number of aldehydes is 1. The summed E-state index contributed by atoms with van der Waals surface area (Å²) in [5.74, 6) is 1.13. The van der Waals surface area contributed by atoms with Crippen LogP contribution in [0.1, 0.15) is 86.5 Å². The average molecular weight is 302 g/mol. The van der Waals surface area contributed by atoms with Crippen molar-refractivity contribution in [3.63, 3.8) is 0 Å². The van der Waals surface area contributed by atoms with Crippen molar-refractivity contribution in [2.24, 2.45) is 0 Å². The highest BCUT2D eigenvalue weighted by molar-refractivity contribution is 6.15. The molecule has 2 aromatic rings. The molecule has 0 aliphatic carbocycles. The Balaban J connectivity index is 3.01. The maximum absolute atomic E-state index is 11.8. The van der Waals surface area contributed by atoms with Crippen molar-refractivity contribution in [2.75, 3.05) is 0 Å². The fraction of sp³-hybridized carbons (Fsp3) is 0.529. The molecule has 0 bridgehead atoms. The molecule has 0 N–H and O–H groups in total.